The van der Waals surface area contributed by atoms with Crippen molar-refractivity contribution in [1.29, 1.82) is 0 Å². The van der Waals surface area contributed by atoms with E-state index in [-0.39, 0.29) is 10.6 Å². The minimum Gasteiger partial charge on any atom is -0.460 e. The number of carbonyl (C=O) groups is 1. The number of hydrogen-bond donors (Lipinski definition) is 1. The second-order valence-corrected chi connectivity index (χ2v) is 5.51. The second-order valence-electron chi connectivity index (χ2n) is 3.91. The number of ether oxygens (including phenoxy) is 1. The van der Waals surface area contributed by atoms with Crippen molar-refractivity contribution in [2.75, 3.05) is 12.4 Å². The van der Waals surface area contributed by atoms with Gasteiger partial charge in [-0.2, -0.15) is 0 Å². The van der Waals surface area contributed by atoms with Crippen LogP contribution in [0.4, 0.5) is 0 Å². The largest absolute Gasteiger partial charge is 0.460 e. The summed E-state index contributed by atoms with van der Waals surface area (Å²) in [5, 5.41) is 6.75. The first kappa shape index (κ1) is 11.4. The molecule has 16 heavy (non-hydrogen) atoms. The summed E-state index contributed by atoms with van der Waals surface area (Å²) in [6.45, 7) is 4.23. The van der Waals surface area contributed by atoms with Gasteiger partial charge in [-0.3, -0.25) is 5.10 Å². The van der Waals surface area contributed by atoms with Crippen LogP contribution in [0.5, 0.6) is 0 Å². The summed E-state index contributed by atoms with van der Waals surface area (Å²) in [5.74, 6) is 1.58. The van der Waals surface area contributed by atoms with Crippen LogP contribution in [0.15, 0.2) is 0 Å². The number of rotatable bonds is 3. The van der Waals surface area contributed by atoms with Crippen molar-refractivity contribution in [3.63, 3.8) is 0 Å². The minimum absolute atomic E-state index is 0.0300. The van der Waals surface area contributed by atoms with Gasteiger partial charge in [0.05, 0.1) is 11.4 Å². The van der Waals surface area contributed by atoms with Crippen LogP contribution in [0, 0.1) is 0 Å². The quantitative estimate of drug-likeness (QED) is 0.816. The fraction of sp³-hybridized carbons (Fsp3) is 0.700. The number of aromatic amines is 1. The molecule has 0 spiro atoms. The summed E-state index contributed by atoms with van der Waals surface area (Å²) < 4.78 is 4.82. The average Bonchev–Trinajstić information content (AvgIpc) is 2.86. The molecule has 1 N–H and O–H groups in total. The molecule has 88 valence electrons. The van der Waals surface area contributed by atoms with Crippen LogP contribution in [0.2, 0.25) is 0 Å². The fourth-order valence-corrected chi connectivity index (χ4v) is 3.01. The summed E-state index contributed by atoms with van der Waals surface area (Å²) in [7, 11) is 0. The van der Waals surface area contributed by atoms with Gasteiger partial charge in [0.2, 0.25) is 0 Å². The Kier molecular flexibility index (Phi) is 3.18. The molecule has 0 aromatic carbocycles. The zero-order valence-corrected chi connectivity index (χ0v) is 10.3. The Bertz CT molecular complexity index is 385. The van der Waals surface area contributed by atoms with Gasteiger partial charge in [-0.1, -0.05) is 0 Å². The van der Waals surface area contributed by atoms with Crippen LogP contribution in [0.1, 0.15) is 43.1 Å². The summed E-state index contributed by atoms with van der Waals surface area (Å²) >= 11 is 1.85. The van der Waals surface area contributed by atoms with E-state index < -0.39 is 5.97 Å². The maximum absolute atomic E-state index is 11.4. The summed E-state index contributed by atoms with van der Waals surface area (Å²) in [4.78, 5) is 15.6. The number of hydrogen-bond acceptors (Lipinski definition) is 5. The van der Waals surface area contributed by atoms with Gasteiger partial charge in [0.15, 0.2) is 0 Å². The third kappa shape index (κ3) is 2.07. The normalized spacial score (nSPS) is 24.6. The number of carbonyl (C=O) groups excluding carboxylic acids is 1. The van der Waals surface area contributed by atoms with E-state index >= 15 is 0 Å². The number of aromatic nitrogens is 3. The van der Waals surface area contributed by atoms with E-state index in [4.69, 9.17) is 4.74 Å². The van der Waals surface area contributed by atoms with Crippen LogP contribution in [0.3, 0.4) is 0 Å². The molecule has 1 fully saturated rings. The van der Waals surface area contributed by atoms with Gasteiger partial charge in [-0.25, -0.2) is 9.78 Å². The highest BCUT2D eigenvalue weighted by atomic mass is 32.2. The highest BCUT2D eigenvalue weighted by molar-refractivity contribution is 8.00. The molecule has 2 rings (SSSR count). The van der Waals surface area contributed by atoms with Crippen molar-refractivity contribution >= 4 is 17.7 Å². The van der Waals surface area contributed by atoms with E-state index in [1.54, 1.807) is 6.92 Å². The lowest BCUT2D eigenvalue weighted by Crippen LogP contribution is -2.15. The second kappa shape index (κ2) is 4.45. The third-order valence-electron chi connectivity index (χ3n) is 2.66. The maximum atomic E-state index is 11.4. The van der Waals surface area contributed by atoms with Crippen LogP contribution in [-0.2, 0) is 9.48 Å². The zero-order valence-electron chi connectivity index (χ0n) is 9.45. The molecule has 6 heteroatoms. The molecule has 0 aliphatic carbocycles. The topological polar surface area (TPSA) is 67.9 Å². The van der Waals surface area contributed by atoms with Gasteiger partial charge in [0.25, 0.3) is 5.82 Å². The predicted octanol–water partition coefficient (Wildman–Crippen LogP) is 1.72. The Morgan fingerprint density at radius 2 is 2.50 bits per heavy atom. The molecule has 0 saturated carbocycles. The third-order valence-corrected chi connectivity index (χ3v) is 4.19. The maximum Gasteiger partial charge on any atom is 0.378 e. The number of nitrogens with zero attached hydrogens (tertiary/aromatic N) is 2. The zero-order chi connectivity index (χ0) is 11.6. The molecule has 5 nitrogen and oxygen atoms in total. The number of H-pyrrole nitrogens is 1. The molecule has 2 heterocycles. The van der Waals surface area contributed by atoms with Crippen molar-refractivity contribution in [3.05, 3.63) is 11.6 Å². The first-order valence-electron chi connectivity index (χ1n) is 5.39. The highest BCUT2D eigenvalue weighted by Gasteiger charge is 2.35. The Morgan fingerprint density at radius 1 is 1.69 bits per heavy atom. The van der Waals surface area contributed by atoms with E-state index in [2.05, 4.69) is 22.1 Å². The molecule has 0 amide bonds. The number of nitrogens with one attached hydrogen (secondary N) is 1. The Hall–Kier alpha value is -1.04. The standard InChI is InChI=1S/C10H15N3O2S/c1-3-15-8(14)7-11-9(13-12-7)10(2)5-4-6-16-10/h3-6H2,1-2H3,(H,11,12,13). The van der Waals surface area contributed by atoms with Crippen molar-refractivity contribution in [3.8, 4) is 0 Å². The predicted molar refractivity (Wildman–Crippen MR) is 61.4 cm³/mol. The molecule has 1 saturated heterocycles. The van der Waals surface area contributed by atoms with E-state index in [9.17, 15) is 4.79 Å². The van der Waals surface area contributed by atoms with Gasteiger partial charge in [-0.05, 0) is 32.4 Å². The van der Waals surface area contributed by atoms with Crippen LogP contribution in [0.25, 0.3) is 0 Å². The van der Waals surface area contributed by atoms with Crippen molar-refractivity contribution in [1.82, 2.24) is 15.2 Å². The van der Waals surface area contributed by atoms with Crippen LogP contribution >= 0.6 is 11.8 Å². The molecule has 1 atom stereocenters. The SMILES string of the molecule is CCOC(=O)c1n[nH]c(C2(C)CCCS2)n1. The first-order chi connectivity index (χ1) is 7.65. The lowest BCUT2D eigenvalue weighted by molar-refractivity contribution is 0.0512. The average molecular weight is 241 g/mol. The summed E-state index contributed by atoms with van der Waals surface area (Å²) in [6.07, 6.45) is 2.24. The van der Waals surface area contributed by atoms with E-state index in [0.29, 0.717) is 6.61 Å². The van der Waals surface area contributed by atoms with Gasteiger partial charge in [-0.15, -0.1) is 16.9 Å². The van der Waals surface area contributed by atoms with Crippen molar-refractivity contribution in [2.24, 2.45) is 0 Å². The molecule has 1 aromatic rings. The van der Waals surface area contributed by atoms with E-state index in [1.807, 2.05) is 11.8 Å². The first-order valence-corrected chi connectivity index (χ1v) is 6.38. The van der Waals surface area contributed by atoms with Crippen molar-refractivity contribution in [2.45, 2.75) is 31.4 Å². The molecular weight excluding hydrogens is 226 g/mol. The summed E-state index contributed by atoms with van der Waals surface area (Å²) in [6, 6.07) is 0. The lowest BCUT2D eigenvalue weighted by Gasteiger charge is -2.18. The van der Waals surface area contributed by atoms with Crippen molar-refractivity contribution < 1.29 is 9.53 Å². The van der Waals surface area contributed by atoms with Gasteiger partial charge in [0.1, 0.15) is 5.82 Å². The van der Waals surface area contributed by atoms with Crippen LogP contribution in [-0.4, -0.2) is 33.5 Å². The Labute approximate surface area is 98.4 Å². The van der Waals surface area contributed by atoms with E-state index in [1.165, 1.54) is 6.42 Å². The smallest absolute Gasteiger partial charge is 0.378 e. The molecule has 1 aliphatic rings. The number of esters is 1. The van der Waals surface area contributed by atoms with Gasteiger partial charge in [0, 0.05) is 0 Å². The number of thioether (sulfide) groups is 1. The molecule has 0 radical (unpaired) electrons. The molecular formula is C10H15N3O2S. The Morgan fingerprint density at radius 3 is 3.12 bits per heavy atom. The van der Waals surface area contributed by atoms with Gasteiger partial charge < -0.3 is 4.74 Å². The monoisotopic (exact) mass is 241 g/mol. The van der Waals surface area contributed by atoms with E-state index in [0.717, 1.165) is 18.0 Å². The molecule has 1 aliphatic heterocycles. The molecule has 1 unspecified atom stereocenters. The van der Waals surface area contributed by atoms with Crippen LogP contribution < -0.4 is 0 Å². The fourth-order valence-electron chi connectivity index (χ4n) is 1.75. The highest BCUT2D eigenvalue weighted by Crippen LogP contribution is 2.44. The molecule has 1 aromatic heterocycles. The lowest BCUT2D eigenvalue weighted by atomic mass is 10.1. The van der Waals surface area contributed by atoms with Gasteiger partial charge >= 0.3 is 5.97 Å². The Balaban J connectivity index is 2.16. The summed E-state index contributed by atoms with van der Waals surface area (Å²) in [5.41, 5.74) is 0. The minimum atomic E-state index is -0.461. The molecule has 0 bridgehead atoms.